The summed E-state index contributed by atoms with van der Waals surface area (Å²) in [5, 5.41) is 20.5. The molecular formula is C13H24N4O2. The topological polar surface area (TPSA) is 74.4 Å². The lowest BCUT2D eigenvalue weighted by Crippen LogP contribution is -2.41. The Morgan fingerprint density at radius 2 is 2.21 bits per heavy atom. The highest BCUT2D eigenvalue weighted by molar-refractivity contribution is 5.27. The molecule has 0 aromatic carbocycles. The molecule has 1 aromatic rings. The van der Waals surface area contributed by atoms with Gasteiger partial charge in [-0.05, 0) is 25.7 Å². The van der Waals surface area contributed by atoms with E-state index in [1.807, 2.05) is 0 Å². The zero-order valence-electron chi connectivity index (χ0n) is 11.8. The maximum atomic E-state index is 8.98. The Morgan fingerprint density at radius 1 is 1.42 bits per heavy atom. The van der Waals surface area contributed by atoms with Gasteiger partial charge in [0.1, 0.15) is 0 Å². The fourth-order valence-corrected chi connectivity index (χ4v) is 2.10. The molecule has 1 fully saturated rings. The van der Waals surface area contributed by atoms with E-state index >= 15 is 0 Å². The molecule has 0 aliphatic heterocycles. The second-order valence-corrected chi connectivity index (χ2v) is 5.37. The third kappa shape index (κ3) is 3.91. The van der Waals surface area contributed by atoms with Gasteiger partial charge in [-0.3, -0.25) is 0 Å². The van der Waals surface area contributed by atoms with E-state index in [2.05, 4.69) is 34.3 Å². The van der Waals surface area contributed by atoms with E-state index in [1.54, 1.807) is 0 Å². The normalized spacial score (nSPS) is 15.8. The van der Waals surface area contributed by atoms with E-state index in [0.717, 1.165) is 13.0 Å². The molecule has 1 aliphatic carbocycles. The summed E-state index contributed by atoms with van der Waals surface area (Å²) in [6.07, 6.45) is 4.34. The number of aromatic nitrogens is 2. The van der Waals surface area contributed by atoms with Gasteiger partial charge in [-0.15, -0.1) is 5.10 Å². The molecule has 1 saturated carbocycles. The van der Waals surface area contributed by atoms with Crippen LogP contribution in [0.2, 0.25) is 0 Å². The van der Waals surface area contributed by atoms with Crippen molar-refractivity contribution >= 4 is 6.01 Å². The molecule has 0 saturated heterocycles. The first-order chi connectivity index (χ1) is 9.20. The maximum absolute atomic E-state index is 8.98. The molecule has 1 aromatic heterocycles. The van der Waals surface area contributed by atoms with Gasteiger partial charge in [0.25, 0.3) is 0 Å². The van der Waals surface area contributed by atoms with Crippen LogP contribution in [0.15, 0.2) is 4.42 Å². The molecular weight excluding hydrogens is 244 g/mol. The van der Waals surface area contributed by atoms with Crippen molar-refractivity contribution in [2.45, 2.75) is 58.2 Å². The fourth-order valence-electron chi connectivity index (χ4n) is 2.10. The highest BCUT2D eigenvalue weighted by atomic mass is 16.4. The van der Waals surface area contributed by atoms with Gasteiger partial charge in [-0.2, -0.15) is 0 Å². The third-order valence-electron chi connectivity index (χ3n) is 3.44. The number of nitrogens with zero attached hydrogens (tertiary/aromatic N) is 3. The quantitative estimate of drug-likeness (QED) is 0.740. The number of hydrogen-bond acceptors (Lipinski definition) is 6. The zero-order valence-corrected chi connectivity index (χ0v) is 11.8. The van der Waals surface area contributed by atoms with Crippen molar-refractivity contribution in [3.8, 4) is 0 Å². The number of aliphatic hydroxyl groups excluding tert-OH is 1. The van der Waals surface area contributed by atoms with Crippen LogP contribution in [0.5, 0.6) is 0 Å². The molecule has 6 heteroatoms. The lowest BCUT2D eigenvalue weighted by molar-refractivity contribution is 0.279. The Labute approximate surface area is 114 Å². The van der Waals surface area contributed by atoms with E-state index in [0.29, 0.717) is 30.5 Å². The Morgan fingerprint density at radius 3 is 2.79 bits per heavy atom. The van der Waals surface area contributed by atoms with Crippen molar-refractivity contribution in [3.63, 3.8) is 0 Å². The van der Waals surface area contributed by atoms with Crippen molar-refractivity contribution in [1.29, 1.82) is 0 Å². The molecule has 0 radical (unpaired) electrons. The smallest absolute Gasteiger partial charge is 0.318 e. The van der Waals surface area contributed by atoms with Crippen LogP contribution >= 0.6 is 0 Å². The third-order valence-corrected chi connectivity index (χ3v) is 3.44. The zero-order chi connectivity index (χ0) is 13.7. The van der Waals surface area contributed by atoms with Crippen molar-refractivity contribution in [2.24, 2.45) is 0 Å². The highest BCUT2D eigenvalue weighted by Gasteiger charge is 2.28. The summed E-state index contributed by atoms with van der Waals surface area (Å²) >= 11 is 0. The summed E-state index contributed by atoms with van der Waals surface area (Å²) in [6, 6.07) is 1.49. The summed E-state index contributed by atoms with van der Waals surface area (Å²) < 4.78 is 5.71. The maximum Gasteiger partial charge on any atom is 0.318 e. The molecule has 1 aliphatic rings. The number of rotatable bonds is 8. The second-order valence-electron chi connectivity index (χ2n) is 5.37. The van der Waals surface area contributed by atoms with Crippen LogP contribution in [0, 0.1) is 0 Å². The van der Waals surface area contributed by atoms with Gasteiger partial charge in [0, 0.05) is 25.2 Å². The van der Waals surface area contributed by atoms with Crippen LogP contribution < -0.4 is 10.2 Å². The number of anilines is 1. The predicted octanol–water partition coefficient (Wildman–Crippen LogP) is 1.31. The first-order valence-electron chi connectivity index (χ1n) is 7.14. The highest BCUT2D eigenvalue weighted by Crippen LogP contribution is 2.28. The predicted molar refractivity (Wildman–Crippen MR) is 73.0 cm³/mol. The van der Waals surface area contributed by atoms with Crippen LogP contribution in [0.4, 0.5) is 6.01 Å². The number of aliphatic hydroxyl groups is 1. The van der Waals surface area contributed by atoms with Gasteiger partial charge < -0.3 is 19.7 Å². The first kappa shape index (κ1) is 14.3. The molecule has 0 atom stereocenters. The fraction of sp³-hybridized carbons (Fsp3) is 0.846. The number of hydrogen-bond donors (Lipinski definition) is 2. The lowest BCUT2D eigenvalue weighted by Gasteiger charge is -2.36. The molecule has 0 spiro atoms. The molecule has 0 bridgehead atoms. The van der Waals surface area contributed by atoms with Gasteiger partial charge in [-0.1, -0.05) is 18.9 Å². The summed E-state index contributed by atoms with van der Waals surface area (Å²) in [7, 11) is 0. The van der Waals surface area contributed by atoms with E-state index in [9.17, 15) is 0 Å². The molecule has 0 amide bonds. The van der Waals surface area contributed by atoms with E-state index in [1.165, 1.54) is 19.3 Å². The average Bonchev–Trinajstić information content (AvgIpc) is 2.78. The van der Waals surface area contributed by atoms with Crippen molar-refractivity contribution in [2.75, 3.05) is 18.1 Å². The summed E-state index contributed by atoms with van der Waals surface area (Å²) in [4.78, 5) is 2.14. The summed E-state index contributed by atoms with van der Waals surface area (Å²) in [5.74, 6) is 0.622. The minimum absolute atomic E-state index is 0.194. The standard InChI is InChI=1S/C13H24N4O2/c1-10(2)14-9-12-15-16-13(19-12)17(7-4-8-18)11-5-3-6-11/h10-11,14,18H,3-9H2,1-2H3. The molecule has 2 N–H and O–H groups in total. The van der Waals surface area contributed by atoms with Crippen LogP contribution in [-0.2, 0) is 6.54 Å². The van der Waals surface area contributed by atoms with Crippen molar-refractivity contribution < 1.29 is 9.52 Å². The molecule has 19 heavy (non-hydrogen) atoms. The van der Waals surface area contributed by atoms with Gasteiger partial charge in [0.2, 0.25) is 5.89 Å². The lowest BCUT2D eigenvalue weighted by atomic mass is 9.91. The second kappa shape index (κ2) is 6.86. The molecule has 2 rings (SSSR count). The Bertz CT molecular complexity index is 376. The van der Waals surface area contributed by atoms with E-state index in [-0.39, 0.29) is 6.61 Å². The van der Waals surface area contributed by atoms with Crippen molar-refractivity contribution in [3.05, 3.63) is 5.89 Å². The first-order valence-corrected chi connectivity index (χ1v) is 7.14. The Balaban J connectivity index is 1.96. The molecule has 1 heterocycles. The van der Waals surface area contributed by atoms with Gasteiger partial charge in [-0.25, -0.2) is 0 Å². The minimum Gasteiger partial charge on any atom is -0.407 e. The Kier molecular flexibility index (Phi) is 5.15. The summed E-state index contributed by atoms with van der Waals surface area (Å²) in [5.41, 5.74) is 0. The molecule has 0 unspecified atom stereocenters. The molecule has 108 valence electrons. The van der Waals surface area contributed by atoms with Crippen molar-refractivity contribution in [1.82, 2.24) is 15.5 Å². The van der Waals surface area contributed by atoms with Gasteiger partial charge >= 0.3 is 6.01 Å². The Hall–Kier alpha value is -1.14. The van der Waals surface area contributed by atoms with Crippen LogP contribution in [0.1, 0.15) is 45.4 Å². The van der Waals surface area contributed by atoms with E-state index < -0.39 is 0 Å². The van der Waals surface area contributed by atoms with E-state index in [4.69, 9.17) is 9.52 Å². The number of nitrogens with one attached hydrogen (secondary N) is 1. The average molecular weight is 268 g/mol. The van der Waals surface area contributed by atoms with Crippen LogP contribution in [-0.4, -0.2) is 40.5 Å². The SMILES string of the molecule is CC(C)NCc1nnc(N(CCCO)C2CCC2)o1. The summed E-state index contributed by atoms with van der Waals surface area (Å²) in [6.45, 7) is 5.74. The van der Waals surface area contributed by atoms with Crippen LogP contribution in [0.25, 0.3) is 0 Å². The monoisotopic (exact) mass is 268 g/mol. The van der Waals surface area contributed by atoms with Gasteiger partial charge in [0.05, 0.1) is 6.54 Å². The van der Waals surface area contributed by atoms with Gasteiger partial charge in [0.15, 0.2) is 0 Å². The largest absolute Gasteiger partial charge is 0.407 e. The van der Waals surface area contributed by atoms with Crippen LogP contribution in [0.3, 0.4) is 0 Å². The molecule has 6 nitrogen and oxygen atoms in total. The minimum atomic E-state index is 0.194.